The molecule has 1 unspecified atom stereocenters. The zero-order valence-corrected chi connectivity index (χ0v) is 61.7. The second kappa shape index (κ2) is 61.9. The van der Waals surface area contributed by atoms with E-state index in [1.54, 1.807) is 36.4 Å². The molecule has 0 aliphatic carbocycles. The summed E-state index contributed by atoms with van der Waals surface area (Å²) < 4.78 is 5.33. The summed E-state index contributed by atoms with van der Waals surface area (Å²) >= 11 is 0. The lowest BCUT2D eigenvalue weighted by Crippen LogP contribution is -2.07. The summed E-state index contributed by atoms with van der Waals surface area (Å²) in [6.45, 7) is 0. The number of hydrogen-bond acceptors (Lipinski definition) is 12. The Hall–Kier alpha value is -12.9. The molecule has 0 radical (unpaired) electrons. The summed E-state index contributed by atoms with van der Waals surface area (Å²) in [4.78, 5) is 16.7. The fourth-order valence-electron chi connectivity index (χ4n) is 8.30. The van der Waals surface area contributed by atoms with E-state index >= 15 is 0 Å². The highest BCUT2D eigenvalue weighted by molar-refractivity contribution is 5.91. The van der Waals surface area contributed by atoms with Crippen molar-refractivity contribution in [1.29, 1.82) is 0 Å². The van der Waals surface area contributed by atoms with Gasteiger partial charge in [0.25, 0.3) is 0 Å². The van der Waals surface area contributed by atoms with Gasteiger partial charge in [-0.2, -0.15) is 0 Å². The first-order valence-electron chi connectivity index (χ1n) is 33.5. The first-order valence-corrected chi connectivity index (χ1v) is 33.5. The lowest BCUT2D eigenvalue weighted by molar-refractivity contribution is -0.270. The molecule has 12 aromatic carbocycles. The molecule has 106 heavy (non-hydrogen) atoms. The Kier molecular flexibility index (Phi) is 53.2. The van der Waals surface area contributed by atoms with Gasteiger partial charge in [0.15, 0.2) is 0 Å². The van der Waals surface area contributed by atoms with Crippen molar-refractivity contribution in [2.75, 3.05) is 56.4 Å². The fourth-order valence-corrected chi connectivity index (χ4v) is 8.30. The van der Waals surface area contributed by atoms with Gasteiger partial charge < -0.3 is 50.6 Å². The van der Waals surface area contributed by atoms with Crippen LogP contribution in [0, 0.1) is 71.0 Å². The molecule has 538 valence electrons. The predicted molar refractivity (Wildman–Crippen MR) is 445 cm³/mol. The SMILES string of the molecule is C(#Cc1ccc(C#Cc2ccccc2)cc1)c1ccccc1.C(#Cc1ccccc1)c1ccccc1.CN.CN.CN.CN.CN.CN.CN.CN.O=C(Oc1ccc(C#Cc2ccccc2)cc1)c1ccccc1.OOC(c1ccccc1)c1ccc(C#Cc2ccc(C#Cc3ccccc3)cc2)cc1. The van der Waals surface area contributed by atoms with E-state index in [1.165, 1.54) is 56.4 Å². The van der Waals surface area contributed by atoms with Crippen LogP contribution in [-0.2, 0) is 4.89 Å². The van der Waals surface area contributed by atoms with E-state index in [0.29, 0.717) is 11.3 Å². The maximum absolute atomic E-state index is 12.0. The van der Waals surface area contributed by atoms with Crippen molar-refractivity contribution in [3.05, 3.63) is 423 Å². The van der Waals surface area contributed by atoms with Crippen molar-refractivity contribution in [2.24, 2.45) is 45.9 Å². The fraction of sp³-hybridized carbons (Fsp3) is 0.0957. The minimum absolute atomic E-state index is 0.367. The molecule has 0 spiro atoms. The van der Waals surface area contributed by atoms with Gasteiger partial charge in [-0.1, -0.05) is 241 Å². The van der Waals surface area contributed by atoms with E-state index in [4.69, 9.17) is 9.62 Å². The van der Waals surface area contributed by atoms with Crippen molar-refractivity contribution in [2.45, 2.75) is 6.10 Å². The number of benzene rings is 12. The monoisotopic (exact) mass is 1400 g/mol. The quantitative estimate of drug-likeness (QED) is 0.0256. The number of carbonyl (C=O) groups excluding carboxylic acids is 1. The molecule has 12 rings (SSSR count). The average Bonchev–Trinajstić information content (AvgIpc) is 0.850. The zero-order chi connectivity index (χ0) is 77.9. The van der Waals surface area contributed by atoms with Crippen molar-refractivity contribution in [3.63, 3.8) is 0 Å². The highest BCUT2D eigenvalue weighted by Crippen LogP contribution is 2.25. The molecule has 0 bridgehead atoms. The van der Waals surface area contributed by atoms with Crippen LogP contribution in [-0.4, -0.2) is 67.6 Å². The molecule has 17 N–H and O–H groups in total. The van der Waals surface area contributed by atoms with Gasteiger partial charge in [0.1, 0.15) is 11.9 Å². The maximum atomic E-state index is 12.0. The lowest BCUT2D eigenvalue weighted by atomic mass is 10.0. The molecule has 0 aliphatic heterocycles. The minimum Gasteiger partial charge on any atom is -0.423 e. The molecule has 0 saturated carbocycles. The van der Waals surface area contributed by atoms with Gasteiger partial charge in [0.2, 0.25) is 0 Å². The highest BCUT2D eigenvalue weighted by atomic mass is 17.1. The second-order valence-electron chi connectivity index (χ2n) is 19.6. The van der Waals surface area contributed by atoms with Crippen molar-refractivity contribution in [3.8, 4) is 76.8 Å². The topological polar surface area (TPSA) is 264 Å². The summed E-state index contributed by atoms with van der Waals surface area (Å²) in [6, 6.07) is 109. The van der Waals surface area contributed by atoms with Crippen LogP contribution >= 0.6 is 0 Å². The molecule has 0 aromatic heterocycles. The van der Waals surface area contributed by atoms with E-state index < -0.39 is 6.10 Å². The van der Waals surface area contributed by atoms with Crippen LogP contribution in [0.1, 0.15) is 94.4 Å². The van der Waals surface area contributed by atoms with E-state index in [-0.39, 0.29) is 5.97 Å². The van der Waals surface area contributed by atoms with Gasteiger partial charge in [-0.05, 0) is 237 Å². The number of esters is 1. The van der Waals surface area contributed by atoms with Gasteiger partial charge in [-0.25, -0.2) is 9.68 Å². The third-order valence-corrected chi connectivity index (χ3v) is 13.0. The standard InChI is InChI=1S/C29H20O2.C22H14.C21H14O2.C14H10.8CH5N/c30-31-29(27-9-5-2-6-10-27)28-21-19-26(20-22-28)18-17-25-15-13-24(14-16-25)12-11-23-7-3-1-4-8-23;1-3-7-19(8-4-1)11-13-21-15-17-22(18-16-21)14-12-20-9-5-2-6-10-20;22-21(19-9-5-2-6-10-19)23-20-15-13-18(14-16-20)12-11-17-7-3-1-4-8-17;1-3-7-13(8-4-1)11-12-14-9-5-2-6-10-14;8*1-2/h1-10,13-16,19-22,29-30H;1-10,15-18H;1-10,13-16H;1-10H;8*2H2,1H3. The molecular formula is C94H98N8O4. The minimum atomic E-state index is -0.521. The summed E-state index contributed by atoms with van der Waals surface area (Å²) in [5, 5.41) is 9.34. The van der Waals surface area contributed by atoms with E-state index in [9.17, 15) is 10.1 Å². The summed E-state index contributed by atoms with van der Waals surface area (Å²) in [7, 11) is 12.0. The van der Waals surface area contributed by atoms with Gasteiger partial charge >= 0.3 is 5.97 Å². The molecule has 12 nitrogen and oxygen atoms in total. The predicted octanol–water partition coefficient (Wildman–Crippen LogP) is 14.5. The number of nitrogens with two attached hydrogens (primary N) is 8. The van der Waals surface area contributed by atoms with Gasteiger partial charge in [0, 0.05) is 66.8 Å². The Morgan fingerprint density at radius 2 is 0.387 bits per heavy atom. The summed E-state index contributed by atoms with van der Waals surface area (Å²) in [5.74, 6) is 37.8. The van der Waals surface area contributed by atoms with Crippen LogP contribution in [0.5, 0.6) is 5.75 Å². The molecule has 0 aliphatic rings. The van der Waals surface area contributed by atoms with Gasteiger partial charge in [0.05, 0.1) is 5.56 Å². The molecule has 12 heteroatoms. The van der Waals surface area contributed by atoms with Crippen molar-refractivity contribution >= 4 is 5.97 Å². The third kappa shape index (κ3) is 38.2. The maximum Gasteiger partial charge on any atom is 0.343 e. The smallest absolute Gasteiger partial charge is 0.343 e. The Morgan fingerprint density at radius 3 is 0.594 bits per heavy atom. The first kappa shape index (κ1) is 91.1. The van der Waals surface area contributed by atoms with Crippen LogP contribution in [0.25, 0.3) is 0 Å². The largest absolute Gasteiger partial charge is 0.423 e. The van der Waals surface area contributed by atoms with E-state index in [2.05, 4.69) is 117 Å². The molecule has 12 aromatic rings. The van der Waals surface area contributed by atoms with Crippen LogP contribution in [0.15, 0.2) is 340 Å². The van der Waals surface area contributed by atoms with Gasteiger partial charge in [-0.15, -0.1) is 0 Å². The van der Waals surface area contributed by atoms with Gasteiger partial charge in [-0.3, -0.25) is 5.26 Å². The zero-order valence-electron chi connectivity index (χ0n) is 61.7. The lowest BCUT2D eigenvalue weighted by Gasteiger charge is -2.14. The van der Waals surface area contributed by atoms with E-state index in [1.807, 2.05) is 303 Å². The Labute approximate surface area is 630 Å². The van der Waals surface area contributed by atoms with Crippen molar-refractivity contribution < 1.29 is 19.7 Å². The Morgan fingerprint density at radius 1 is 0.226 bits per heavy atom. The number of rotatable bonds is 5. The van der Waals surface area contributed by atoms with Crippen LogP contribution in [0.3, 0.4) is 0 Å². The van der Waals surface area contributed by atoms with Crippen LogP contribution in [0.4, 0.5) is 0 Å². The third-order valence-electron chi connectivity index (χ3n) is 13.0. The molecule has 0 saturated heterocycles. The molecular weight excluding hydrogens is 1310 g/mol. The molecule has 0 amide bonds. The number of ether oxygens (including phenoxy) is 1. The number of hydrogen-bond donors (Lipinski definition) is 9. The second-order valence-corrected chi connectivity index (χ2v) is 19.6. The van der Waals surface area contributed by atoms with E-state index in [0.717, 1.165) is 77.9 Å². The average molecular weight is 1400 g/mol. The Balaban J connectivity index is 0.000000679. The van der Waals surface area contributed by atoms with Crippen LogP contribution < -0.4 is 50.6 Å². The normalized spacial score (nSPS) is 8.76. The molecule has 0 heterocycles. The highest BCUT2D eigenvalue weighted by Gasteiger charge is 2.14. The summed E-state index contributed by atoms with van der Waals surface area (Å²) in [6.07, 6.45) is -0.521. The number of carbonyl (C=O) groups is 1. The summed E-state index contributed by atoms with van der Waals surface area (Å²) in [5.41, 5.74) is 50.0. The Bertz CT molecular complexity index is 4470. The van der Waals surface area contributed by atoms with Crippen LogP contribution in [0.2, 0.25) is 0 Å². The van der Waals surface area contributed by atoms with Crippen molar-refractivity contribution in [1.82, 2.24) is 0 Å². The molecule has 1 atom stereocenters. The first-order chi connectivity index (χ1) is 52.5. The molecule has 0 fully saturated rings.